The average molecular weight is 480 g/mol. The maximum atomic E-state index is 13.2. The molecule has 0 aliphatic rings. The van der Waals surface area contributed by atoms with Gasteiger partial charge in [0.15, 0.2) is 0 Å². The third-order valence-electron chi connectivity index (χ3n) is 5.02. The first kappa shape index (κ1) is 22.6. The molecule has 7 nitrogen and oxygen atoms in total. The second-order valence-corrected chi connectivity index (χ2v) is 10.3. The van der Waals surface area contributed by atoms with Crippen molar-refractivity contribution in [2.75, 3.05) is 23.7 Å². The van der Waals surface area contributed by atoms with E-state index in [2.05, 4.69) is 4.72 Å². The van der Waals surface area contributed by atoms with E-state index < -0.39 is 14.9 Å². The third-order valence-corrected chi connectivity index (χ3v) is 7.48. The topological polar surface area (TPSA) is 92.6 Å². The number of benzene rings is 4. The lowest BCUT2D eigenvalue weighted by atomic mass is 10.1. The fraction of sp³-hybridized carbons (Fsp3) is 0.0833. The SMILES string of the molecule is CN(C)c1cccc2c(S(=O)(=O)Nc3ccc(Sc4ccc([N+](=O)[O-])cc4)cc3)cccc12. The monoisotopic (exact) mass is 479 g/mol. The van der Waals surface area contributed by atoms with Gasteiger partial charge in [0.05, 0.1) is 9.82 Å². The van der Waals surface area contributed by atoms with Crippen LogP contribution in [0.3, 0.4) is 0 Å². The molecule has 0 saturated carbocycles. The molecule has 9 heteroatoms. The van der Waals surface area contributed by atoms with Crippen molar-refractivity contribution in [2.45, 2.75) is 14.7 Å². The van der Waals surface area contributed by atoms with Crippen LogP contribution in [0.1, 0.15) is 0 Å². The van der Waals surface area contributed by atoms with Crippen molar-refractivity contribution in [3.8, 4) is 0 Å². The van der Waals surface area contributed by atoms with Crippen LogP contribution in [0.25, 0.3) is 10.8 Å². The van der Waals surface area contributed by atoms with E-state index in [9.17, 15) is 18.5 Å². The number of hydrogen-bond acceptors (Lipinski definition) is 6. The zero-order valence-corrected chi connectivity index (χ0v) is 19.6. The summed E-state index contributed by atoms with van der Waals surface area (Å²) in [5, 5.41) is 12.3. The van der Waals surface area contributed by atoms with E-state index in [1.165, 1.54) is 23.9 Å². The number of sulfonamides is 1. The molecular formula is C24H21N3O4S2. The lowest BCUT2D eigenvalue weighted by Gasteiger charge is -2.17. The normalized spacial score (nSPS) is 11.3. The Labute approximate surface area is 196 Å². The van der Waals surface area contributed by atoms with Crippen LogP contribution in [0.4, 0.5) is 17.1 Å². The van der Waals surface area contributed by atoms with E-state index in [-0.39, 0.29) is 10.6 Å². The number of nitrogens with zero attached hydrogens (tertiary/aromatic N) is 2. The molecule has 0 aliphatic heterocycles. The highest BCUT2D eigenvalue weighted by Crippen LogP contribution is 2.32. The molecule has 0 heterocycles. The van der Waals surface area contributed by atoms with Gasteiger partial charge in [-0.3, -0.25) is 14.8 Å². The van der Waals surface area contributed by atoms with Crippen LogP contribution in [-0.2, 0) is 10.0 Å². The van der Waals surface area contributed by atoms with E-state index in [4.69, 9.17) is 0 Å². The zero-order valence-electron chi connectivity index (χ0n) is 17.9. The summed E-state index contributed by atoms with van der Waals surface area (Å²) >= 11 is 1.43. The standard InChI is InChI=1S/C24H21N3O4S2/c1-26(2)23-7-3-6-22-21(23)5-4-8-24(22)33(30,31)25-17-9-13-19(14-10-17)32-20-15-11-18(12-16-20)27(28)29/h3-16,25H,1-2H3. The van der Waals surface area contributed by atoms with E-state index >= 15 is 0 Å². The van der Waals surface area contributed by atoms with Gasteiger partial charge < -0.3 is 4.90 Å². The number of nitro groups is 1. The first-order valence-corrected chi connectivity index (χ1v) is 12.3. The van der Waals surface area contributed by atoms with Gasteiger partial charge in [-0.1, -0.05) is 36.0 Å². The predicted molar refractivity (Wildman–Crippen MR) is 133 cm³/mol. The maximum absolute atomic E-state index is 13.2. The summed E-state index contributed by atoms with van der Waals surface area (Å²) in [7, 11) is 0.0360. The Morgan fingerprint density at radius 2 is 1.39 bits per heavy atom. The molecule has 0 aromatic heterocycles. The van der Waals surface area contributed by atoms with Crippen LogP contribution in [0.5, 0.6) is 0 Å². The van der Waals surface area contributed by atoms with Crippen molar-refractivity contribution in [2.24, 2.45) is 0 Å². The molecule has 0 fully saturated rings. The van der Waals surface area contributed by atoms with Gasteiger partial charge >= 0.3 is 0 Å². The van der Waals surface area contributed by atoms with Gasteiger partial charge in [0.25, 0.3) is 15.7 Å². The van der Waals surface area contributed by atoms with Gasteiger partial charge in [0.1, 0.15) is 0 Å². The summed E-state index contributed by atoms with van der Waals surface area (Å²) in [5.74, 6) is 0. The molecule has 0 unspecified atom stereocenters. The molecule has 1 N–H and O–H groups in total. The summed E-state index contributed by atoms with van der Waals surface area (Å²) in [4.78, 5) is 14.2. The first-order valence-electron chi connectivity index (χ1n) is 9.99. The largest absolute Gasteiger partial charge is 0.377 e. The Balaban J connectivity index is 1.55. The quantitative estimate of drug-likeness (QED) is 0.267. The molecule has 4 rings (SSSR count). The highest BCUT2D eigenvalue weighted by atomic mass is 32.2. The molecule has 168 valence electrons. The smallest absolute Gasteiger partial charge is 0.269 e. The van der Waals surface area contributed by atoms with Gasteiger partial charge in [-0.2, -0.15) is 0 Å². The first-order chi connectivity index (χ1) is 15.7. The fourth-order valence-electron chi connectivity index (χ4n) is 3.46. The van der Waals surface area contributed by atoms with Gasteiger partial charge in [-0.05, 0) is 48.5 Å². The average Bonchev–Trinajstić information content (AvgIpc) is 2.79. The van der Waals surface area contributed by atoms with Gasteiger partial charge in [-0.15, -0.1) is 0 Å². The highest BCUT2D eigenvalue weighted by molar-refractivity contribution is 7.99. The highest BCUT2D eigenvalue weighted by Gasteiger charge is 2.19. The lowest BCUT2D eigenvalue weighted by Crippen LogP contribution is -2.14. The Kier molecular flexibility index (Phi) is 6.26. The summed E-state index contributed by atoms with van der Waals surface area (Å²) in [6, 6.07) is 24.1. The maximum Gasteiger partial charge on any atom is 0.269 e. The summed E-state index contributed by atoms with van der Waals surface area (Å²) in [5.41, 5.74) is 1.43. The van der Waals surface area contributed by atoms with E-state index in [1.54, 1.807) is 54.6 Å². The van der Waals surface area contributed by atoms with Gasteiger partial charge in [0.2, 0.25) is 0 Å². The Hall–Kier alpha value is -3.56. The zero-order chi connectivity index (χ0) is 23.6. The number of non-ortho nitro benzene ring substituents is 1. The Bertz CT molecular complexity index is 1420. The summed E-state index contributed by atoms with van der Waals surface area (Å²) in [6.45, 7) is 0. The number of nitro benzene ring substituents is 1. The van der Waals surface area contributed by atoms with Crippen LogP contribution >= 0.6 is 11.8 Å². The fourth-order valence-corrected chi connectivity index (χ4v) is 5.56. The molecule has 4 aromatic carbocycles. The van der Waals surface area contributed by atoms with Crippen LogP contribution in [0.2, 0.25) is 0 Å². The third kappa shape index (κ3) is 4.94. The van der Waals surface area contributed by atoms with Crippen LogP contribution in [-0.4, -0.2) is 27.4 Å². The minimum atomic E-state index is -3.81. The second-order valence-electron chi connectivity index (χ2n) is 7.51. The molecule has 4 aromatic rings. The van der Waals surface area contributed by atoms with E-state index in [1.807, 2.05) is 37.2 Å². The molecule has 0 amide bonds. The van der Waals surface area contributed by atoms with Crippen molar-refractivity contribution in [3.05, 3.63) is 95.0 Å². The summed E-state index contributed by atoms with van der Waals surface area (Å²) < 4.78 is 29.0. The molecular weight excluding hydrogens is 458 g/mol. The van der Waals surface area contributed by atoms with Crippen molar-refractivity contribution >= 4 is 49.6 Å². The number of fused-ring (bicyclic) bond motifs is 1. The Morgan fingerprint density at radius 1 is 0.818 bits per heavy atom. The summed E-state index contributed by atoms with van der Waals surface area (Å²) in [6.07, 6.45) is 0. The van der Waals surface area contributed by atoms with Gasteiger partial charge in [-0.25, -0.2) is 8.42 Å². The van der Waals surface area contributed by atoms with Crippen LogP contribution < -0.4 is 9.62 Å². The van der Waals surface area contributed by atoms with Crippen molar-refractivity contribution in [3.63, 3.8) is 0 Å². The van der Waals surface area contributed by atoms with Crippen molar-refractivity contribution in [1.29, 1.82) is 0 Å². The predicted octanol–water partition coefficient (Wildman–Crippen LogP) is 5.77. The molecule has 33 heavy (non-hydrogen) atoms. The van der Waals surface area contributed by atoms with Crippen LogP contribution in [0.15, 0.2) is 99.6 Å². The number of hydrogen-bond donors (Lipinski definition) is 1. The molecule has 0 atom stereocenters. The molecule has 0 spiro atoms. The minimum Gasteiger partial charge on any atom is -0.377 e. The second kappa shape index (κ2) is 9.13. The van der Waals surface area contributed by atoms with Crippen molar-refractivity contribution in [1.82, 2.24) is 0 Å². The number of anilines is 2. The minimum absolute atomic E-state index is 0.0373. The van der Waals surface area contributed by atoms with Gasteiger partial charge in [0, 0.05) is 58.2 Å². The number of nitrogens with one attached hydrogen (secondary N) is 1. The molecule has 0 saturated heterocycles. The number of rotatable bonds is 7. The molecule has 0 aliphatic carbocycles. The van der Waals surface area contributed by atoms with Crippen LogP contribution in [0, 0.1) is 10.1 Å². The van der Waals surface area contributed by atoms with E-state index in [0.717, 1.165) is 20.9 Å². The molecule has 0 radical (unpaired) electrons. The lowest BCUT2D eigenvalue weighted by molar-refractivity contribution is -0.384. The van der Waals surface area contributed by atoms with E-state index in [0.29, 0.717) is 11.1 Å². The molecule has 0 bridgehead atoms. The Morgan fingerprint density at radius 3 is 2.00 bits per heavy atom. The van der Waals surface area contributed by atoms with Crippen molar-refractivity contribution < 1.29 is 13.3 Å².